The summed E-state index contributed by atoms with van der Waals surface area (Å²) in [4.78, 5) is 24.9. The lowest BCUT2D eigenvalue weighted by Gasteiger charge is -2.28. The van der Waals surface area contributed by atoms with Gasteiger partial charge in [-0.25, -0.2) is 9.59 Å². The van der Waals surface area contributed by atoms with Crippen molar-refractivity contribution in [2.75, 3.05) is 13.9 Å². The van der Waals surface area contributed by atoms with E-state index in [4.69, 9.17) is 18.9 Å². The van der Waals surface area contributed by atoms with Crippen LogP contribution in [0.25, 0.3) is 0 Å². The van der Waals surface area contributed by atoms with Crippen LogP contribution in [0.5, 0.6) is 17.2 Å². The number of esters is 1. The summed E-state index contributed by atoms with van der Waals surface area (Å²) in [7, 11) is 1.56. The second-order valence-corrected chi connectivity index (χ2v) is 6.61. The number of hydrogen-bond donors (Lipinski definition) is 2. The van der Waals surface area contributed by atoms with Gasteiger partial charge in [-0.3, -0.25) is 0 Å². The zero-order valence-corrected chi connectivity index (χ0v) is 16.0. The van der Waals surface area contributed by atoms with Crippen molar-refractivity contribution in [2.24, 2.45) is 0 Å². The van der Waals surface area contributed by atoms with E-state index in [0.29, 0.717) is 34.1 Å². The molecule has 0 fully saturated rings. The molecule has 0 spiro atoms. The highest BCUT2D eigenvalue weighted by atomic mass is 16.7. The lowest BCUT2D eigenvalue weighted by Crippen LogP contribution is -2.45. The van der Waals surface area contributed by atoms with Crippen LogP contribution in [0.4, 0.5) is 4.79 Å². The maximum absolute atomic E-state index is 12.9. The Morgan fingerprint density at radius 1 is 1.17 bits per heavy atom. The van der Waals surface area contributed by atoms with Crippen molar-refractivity contribution < 1.29 is 28.5 Å². The molecule has 4 rings (SSSR count). The number of fused-ring (bicyclic) bond motifs is 1. The minimum atomic E-state index is -0.650. The Kier molecular flexibility index (Phi) is 4.99. The highest BCUT2D eigenvalue weighted by molar-refractivity contribution is 5.95. The Hall–Kier alpha value is -3.68. The molecule has 2 N–H and O–H groups in total. The van der Waals surface area contributed by atoms with Gasteiger partial charge in [0.25, 0.3) is 0 Å². The SMILES string of the molecule is COc1cccc(C2NC(=O)NC(C)=C2C(=O)OCc2ccc3c(c2)OCO3)c1. The Morgan fingerprint density at radius 2 is 2.00 bits per heavy atom. The molecule has 2 aliphatic heterocycles. The Morgan fingerprint density at radius 3 is 2.83 bits per heavy atom. The van der Waals surface area contributed by atoms with Gasteiger partial charge in [0.05, 0.1) is 18.7 Å². The fourth-order valence-electron chi connectivity index (χ4n) is 3.29. The summed E-state index contributed by atoms with van der Waals surface area (Å²) >= 11 is 0. The first kappa shape index (κ1) is 18.7. The number of hydrogen-bond acceptors (Lipinski definition) is 6. The van der Waals surface area contributed by atoms with Gasteiger partial charge in [-0.15, -0.1) is 0 Å². The Bertz CT molecular complexity index is 1000. The van der Waals surface area contributed by atoms with Crippen molar-refractivity contribution in [3.63, 3.8) is 0 Å². The minimum absolute atomic E-state index is 0.0605. The molecule has 2 aromatic carbocycles. The van der Waals surface area contributed by atoms with Gasteiger partial charge in [0.15, 0.2) is 11.5 Å². The molecule has 0 aromatic heterocycles. The van der Waals surface area contributed by atoms with Crippen LogP contribution in [-0.4, -0.2) is 25.9 Å². The topological polar surface area (TPSA) is 95.1 Å². The quantitative estimate of drug-likeness (QED) is 0.755. The maximum Gasteiger partial charge on any atom is 0.338 e. The largest absolute Gasteiger partial charge is 0.497 e. The van der Waals surface area contributed by atoms with Crippen molar-refractivity contribution in [3.8, 4) is 17.2 Å². The molecule has 1 atom stereocenters. The number of amides is 2. The van der Waals surface area contributed by atoms with E-state index < -0.39 is 12.0 Å². The number of rotatable bonds is 5. The van der Waals surface area contributed by atoms with E-state index in [9.17, 15) is 9.59 Å². The molecule has 1 unspecified atom stereocenters. The smallest absolute Gasteiger partial charge is 0.338 e. The second kappa shape index (κ2) is 7.75. The van der Waals surface area contributed by atoms with E-state index in [1.807, 2.05) is 12.1 Å². The van der Waals surface area contributed by atoms with E-state index in [2.05, 4.69) is 10.6 Å². The van der Waals surface area contributed by atoms with Crippen LogP contribution in [0.15, 0.2) is 53.7 Å². The molecule has 0 bridgehead atoms. The summed E-state index contributed by atoms with van der Waals surface area (Å²) in [5.74, 6) is 1.38. The number of benzene rings is 2. The van der Waals surface area contributed by atoms with Crippen LogP contribution in [0, 0.1) is 0 Å². The fourth-order valence-corrected chi connectivity index (χ4v) is 3.29. The third-order valence-corrected chi connectivity index (χ3v) is 4.72. The highest BCUT2D eigenvalue weighted by Gasteiger charge is 2.32. The third kappa shape index (κ3) is 3.82. The molecule has 8 heteroatoms. The molecule has 2 amide bonds. The normalized spacial score (nSPS) is 17.4. The molecule has 8 nitrogen and oxygen atoms in total. The molecular weight excluding hydrogens is 376 g/mol. The van der Waals surface area contributed by atoms with Gasteiger partial charge in [-0.2, -0.15) is 0 Å². The highest BCUT2D eigenvalue weighted by Crippen LogP contribution is 2.33. The van der Waals surface area contributed by atoms with Gasteiger partial charge < -0.3 is 29.6 Å². The van der Waals surface area contributed by atoms with E-state index in [0.717, 1.165) is 5.56 Å². The average molecular weight is 396 g/mol. The van der Waals surface area contributed by atoms with Gasteiger partial charge in [0.1, 0.15) is 12.4 Å². The van der Waals surface area contributed by atoms with Crippen LogP contribution >= 0.6 is 0 Å². The van der Waals surface area contributed by atoms with Crippen LogP contribution in [0.3, 0.4) is 0 Å². The molecule has 2 aliphatic rings. The zero-order valence-electron chi connectivity index (χ0n) is 16.0. The standard InChI is InChI=1S/C21H20N2O6/c1-12-18(19(23-21(25)22-12)14-4-3-5-15(9-14)26-2)20(24)27-10-13-6-7-16-17(8-13)29-11-28-16/h3-9,19H,10-11H2,1-2H3,(H2,22,23,25). The van der Waals surface area contributed by atoms with E-state index >= 15 is 0 Å². The van der Waals surface area contributed by atoms with Crippen LogP contribution in [0.1, 0.15) is 24.1 Å². The second-order valence-electron chi connectivity index (χ2n) is 6.61. The summed E-state index contributed by atoms with van der Waals surface area (Å²) in [6.45, 7) is 1.91. The molecule has 0 aliphatic carbocycles. The van der Waals surface area contributed by atoms with E-state index in [1.165, 1.54) is 0 Å². The van der Waals surface area contributed by atoms with Crippen molar-refractivity contribution in [1.29, 1.82) is 0 Å². The number of ether oxygens (including phenoxy) is 4. The van der Waals surface area contributed by atoms with Crippen LogP contribution in [0.2, 0.25) is 0 Å². The fraction of sp³-hybridized carbons (Fsp3) is 0.238. The summed E-state index contributed by atoms with van der Waals surface area (Å²) in [6.07, 6.45) is 0. The first-order valence-corrected chi connectivity index (χ1v) is 9.03. The summed E-state index contributed by atoms with van der Waals surface area (Å²) < 4.78 is 21.4. The number of methoxy groups -OCH3 is 1. The molecule has 2 aromatic rings. The molecule has 0 saturated heterocycles. The Labute approximate surface area is 167 Å². The molecule has 2 heterocycles. The van der Waals surface area contributed by atoms with Gasteiger partial charge in [-0.1, -0.05) is 18.2 Å². The van der Waals surface area contributed by atoms with Crippen molar-refractivity contribution in [1.82, 2.24) is 10.6 Å². The summed E-state index contributed by atoms with van der Waals surface area (Å²) in [6, 6.07) is 11.5. The van der Waals surface area contributed by atoms with Crippen molar-refractivity contribution in [2.45, 2.75) is 19.6 Å². The lowest BCUT2D eigenvalue weighted by molar-refractivity contribution is -0.140. The first-order chi connectivity index (χ1) is 14.0. The average Bonchev–Trinajstić information content (AvgIpc) is 3.19. The van der Waals surface area contributed by atoms with Gasteiger partial charge in [-0.05, 0) is 42.3 Å². The lowest BCUT2D eigenvalue weighted by atomic mass is 9.95. The summed E-state index contributed by atoms with van der Waals surface area (Å²) in [5, 5.41) is 5.41. The third-order valence-electron chi connectivity index (χ3n) is 4.72. The number of urea groups is 1. The predicted molar refractivity (Wildman–Crippen MR) is 102 cm³/mol. The number of carbonyl (C=O) groups is 2. The van der Waals surface area contributed by atoms with Gasteiger partial charge >= 0.3 is 12.0 Å². The molecule has 0 radical (unpaired) electrons. The van der Waals surface area contributed by atoms with Crippen molar-refractivity contribution >= 4 is 12.0 Å². The zero-order chi connectivity index (χ0) is 20.4. The first-order valence-electron chi connectivity index (χ1n) is 9.03. The van der Waals surface area contributed by atoms with Crippen molar-refractivity contribution in [3.05, 3.63) is 64.9 Å². The number of carbonyl (C=O) groups excluding carboxylic acids is 2. The molecule has 29 heavy (non-hydrogen) atoms. The van der Waals surface area contributed by atoms with Crippen LogP contribution < -0.4 is 24.8 Å². The summed E-state index contributed by atoms with van der Waals surface area (Å²) in [5.41, 5.74) is 2.26. The number of allylic oxidation sites excluding steroid dienone is 1. The molecule has 0 saturated carbocycles. The van der Waals surface area contributed by atoms with E-state index in [-0.39, 0.29) is 19.4 Å². The van der Waals surface area contributed by atoms with Crippen LogP contribution in [-0.2, 0) is 16.1 Å². The van der Waals surface area contributed by atoms with E-state index in [1.54, 1.807) is 44.4 Å². The minimum Gasteiger partial charge on any atom is -0.497 e. The maximum atomic E-state index is 12.9. The van der Waals surface area contributed by atoms with Gasteiger partial charge in [0.2, 0.25) is 6.79 Å². The molecular formula is C21H20N2O6. The molecule has 150 valence electrons. The van der Waals surface area contributed by atoms with Gasteiger partial charge in [0, 0.05) is 5.70 Å². The number of nitrogens with one attached hydrogen (secondary N) is 2. The Balaban J connectivity index is 1.55. The monoisotopic (exact) mass is 396 g/mol. The predicted octanol–water partition coefficient (Wildman–Crippen LogP) is 2.80.